The Labute approximate surface area is 139 Å². The molecule has 0 spiro atoms. The maximum atomic E-state index is 9.14. The third kappa shape index (κ3) is 3.36. The smallest absolute Gasteiger partial charge is 0.230 e. The minimum absolute atomic E-state index is 0. The van der Waals surface area contributed by atoms with Crippen molar-refractivity contribution in [1.82, 2.24) is 15.1 Å². The van der Waals surface area contributed by atoms with E-state index in [1.54, 1.807) is 12.1 Å². The monoisotopic (exact) mass is 321 g/mol. The van der Waals surface area contributed by atoms with E-state index in [9.17, 15) is 0 Å². The average molecular weight is 321 g/mol. The molecule has 1 aromatic carbocycles. The van der Waals surface area contributed by atoms with Gasteiger partial charge in [-0.2, -0.15) is 10.2 Å². The van der Waals surface area contributed by atoms with Crippen molar-refractivity contribution in [3.05, 3.63) is 59.5 Å². The van der Waals surface area contributed by atoms with Gasteiger partial charge in [0.15, 0.2) is 5.82 Å². The van der Waals surface area contributed by atoms with Gasteiger partial charge in [0.25, 0.3) is 0 Å². The van der Waals surface area contributed by atoms with Crippen LogP contribution in [0.1, 0.15) is 18.1 Å². The predicted octanol–water partition coefficient (Wildman–Crippen LogP) is 2.94. The minimum Gasteiger partial charge on any atom is -0.365 e. The van der Waals surface area contributed by atoms with Crippen LogP contribution in [0.3, 0.4) is 0 Å². The second kappa shape index (κ2) is 7.02. The van der Waals surface area contributed by atoms with E-state index in [1.807, 2.05) is 18.2 Å². The first-order chi connectivity index (χ1) is 11.8. The van der Waals surface area contributed by atoms with Gasteiger partial charge in [-0.3, -0.25) is 0 Å². The van der Waals surface area contributed by atoms with Crippen molar-refractivity contribution in [1.29, 1.82) is 10.7 Å². The Morgan fingerprint density at radius 3 is 2.96 bits per heavy atom. The van der Waals surface area contributed by atoms with E-state index in [-0.39, 0.29) is 1.43 Å². The molecule has 0 saturated carbocycles. The summed E-state index contributed by atoms with van der Waals surface area (Å²) in [5.74, 6) is 1.29. The van der Waals surface area contributed by atoms with Crippen LogP contribution in [0.2, 0.25) is 0 Å². The Kier molecular flexibility index (Phi) is 4.44. The van der Waals surface area contributed by atoms with Crippen LogP contribution in [0, 0.1) is 16.7 Å². The normalized spacial score (nSPS) is 9.96. The standard InChI is InChI=1S/C16H13N7O.H2/c17-7-11-3-1-2-4-12(11)9-19-15-13(8-18)10-20-16(22-15)21-14-5-6-24-23-14;/h1-6,8,10,18H,9H2,(H2,19,20,21,22,23);1H. The number of nitrogens with zero attached hydrogens (tertiary/aromatic N) is 4. The molecule has 0 bridgehead atoms. The zero-order valence-corrected chi connectivity index (χ0v) is 12.5. The summed E-state index contributed by atoms with van der Waals surface area (Å²) >= 11 is 0. The topological polar surface area (TPSA) is 124 Å². The van der Waals surface area contributed by atoms with Gasteiger partial charge in [0.2, 0.25) is 5.95 Å². The number of anilines is 3. The Morgan fingerprint density at radius 1 is 1.33 bits per heavy atom. The highest BCUT2D eigenvalue weighted by atomic mass is 16.5. The summed E-state index contributed by atoms with van der Waals surface area (Å²) in [6.07, 6.45) is 4.13. The molecule has 2 aromatic heterocycles. The number of nitriles is 1. The largest absolute Gasteiger partial charge is 0.365 e. The van der Waals surface area contributed by atoms with Gasteiger partial charge in [0, 0.05) is 26.4 Å². The first-order valence-corrected chi connectivity index (χ1v) is 7.07. The molecule has 0 aliphatic carbocycles. The molecule has 120 valence electrons. The van der Waals surface area contributed by atoms with E-state index in [1.165, 1.54) is 18.7 Å². The highest BCUT2D eigenvalue weighted by molar-refractivity contribution is 5.84. The van der Waals surface area contributed by atoms with Crippen LogP contribution in [0.5, 0.6) is 0 Å². The fraction of sp³-hybridized carbons (Fsp3) is 0.0625. The van der Waals surface area contributed by atoms with Crippen LogP contribution >= 0.6 is 0 Å². The Hall–Kier alpha value is -3.73. The third-order valence-corrected chi connectivity index (χ3v) is 3.23. The van der Waals surface area contributed by atoms with Crippen LogP contribution in [0.4, 0.5) is 17.6 Å². The lowest BCUT2D eigenvalue weighted by Gasteiger charge is -2.10. The summed E-state index contributed by atoms with van der Waals surface area (Å²) in [6.45, 7) is 0.408. The summed E-state index contributed by atoms with van der Waals surface area (Å²) in [5.41, 5.74) is 1.98. The highest BCUT2D eigenvalue weighted by Crippen LogP contribution is 2.17. The van der Waals surface area contributed by atoms with Crippen LogP contribution in [-0.4, -0.2) is 21.3 Å². The van der Waals surface area contributed by atoms with E-state index >= 15 is 0 Å². The van der Waals surface area contributed by atoms with Crippen molar-refractivity contribution in [2.75, 3.05) is 10.6 Å². The van der Waals surface area contributed by atoms with Crippen molar-refractivity contribution in [2.45, 2.75) is 6.54 Å². The lowest BCUT2D eigenvalue weighted by Crippen LogP contribution is -2.08. The summed E-state index contributed by atoms with van der Waals surface area (Å²) in [6, 6.07) is 11.1. The molecular formula is C16H15N7O. The zero-order valence-electron chi connectivity index (χ0n) is 12.5. The van der Waals surface area contributed by atoms with Gasteiger partial charge < -0.3 is 20.6 Å². The van der Waals surface area contributed by atoms with Gasteiger partial charge in [-0.15, -0.1) is 0 Å². The van der Waals surface area contributed by atoms with Crippen LogP contribution in [-0.2, 0) is 6.54 Å². The molecule has 3 aromatic rings. The third-order valence-electron chi connectivity index (χ3n) is 3.23. The summed E-state index contributed by atoms with van der Waals surface area (Å²) in [4.78, 5) is 8.47. The first kappa shape index (κ1) is 15.2. The molecule has 0 amide bonds. The van der Waals surface area contributed by atoms with E-state index < -0.39 is 0 Å². The van der Waals surface area contributed by atoms with E-state index in [2.05, 4.69) is 31.8 Å². The van der Waals surface area contributed by atoms with Gasteiger partial charge in [-0.25, -0.2) is 4.98 Å². The number of nitrogens with one attached hydrogen (secondary N) is 3. The van der Waals surface area contributed by atoms with Gasteiger partial charge >= 0.3 is 0 Å². The molecule has 8 nitrogen and oxygen atoms in total. The molecule has 0 atom stereocenters. The lowest BCUT2D eigenvalue weighted by atomic mass is 10.1. The first-order valence-electron chi connectivity index (χ1n) is 7.07. The van der Waals surface area contributed by atoms with E-state index in [0.29, 0.717) is 35.3 Å². The van der Waals surface area contributed by atoms with Crippen molar-refractivity contribution in [3.63, 3.8) is 0 Å². The molecular weight excluding hydrogens is 306 g/mol. The van der Waals surface area contributed by atoms with Gasteiger partial charge in [-0.05, 0) is 11.6 Å². The highest BCUT2D eigenvalue weighted by Gasteiger charge is 2.08. The second-order valence-corrected chi connectivity index (χ2v) is 4.77. The molecule has 24 heavy (non-hydrogen) atoms. The summed E-state index contributed by atoms with van der Waals surface area (Å²) in [7, 11) is 0. The summed E-state index contributed by atoms with van der Waals surface area (Å²) in [5, 5.41) is 26.4. The molecule has 0 radical (unpaired) electrons. The zero-order chi connectivity index (χ0) is 16.8. The Morgan fingerprint density at radius 2 is 2.21 bits per heavy atom. The fourth-order valence-electron chi connectivity index (χ4n) is 2.05. The average Bonchev–Trinajstić information content (AvgIpc) is 3.13. The van der Waals surface area contributed by atoms with Gasteiger partial charge in [0.1, 0.15) is 12.1 Å². The molecule has 0 fully saturated rings. The molecule has 0 aliphatic rings. The summed E-state index contributed by atoms with van der Waals surface area (Å²) < 4.78 is 4.74. The maximum Gasteiger partial charge on any atom is 0.230 e. The van der Waals surface area contributed by atoms with Crippen LogP contribution in [0.25, 0.3) is 0 Å². The number of hydrogen-bond donors (Lipinski definition) is 3. The Balaban J connectivity index is 0.00000225. The molecule has 0 unspecified atom stereocenters. The quantitative estimate of drug-likeness (QED) is 0.596. The molecule has 0 saturated heterocycles. The van der Waals surface area contributed by atoms with E-state index in [0.717, 1.165) is 5.56 Å². The predicted molar refractivity (Wildman–Crippen MR) is 90.3 cm³/mol. The number of benzene rings is 1. The number of aromatic nitrogens is 3. The van der Waals surface area contributed by atoms with Crippen molar-refractivity contribution < 1.29 is 5.95 Å². The second-order valence-electron chi connectivity index (χ2n) is 4.77. The molecule has 3 rings (SSSR count). The SMILES string of the molecule is N#Cc1ccccc1CNc1nc(Nc2ccon2)ncc1C=N.[HH]. The van der Waals surface area contributed by atoms with Crippen molar-refractivity contribution >= 4 is 23.8 Å². The minimum atomic E-state index is 0. The Bertz CT molecular complexity index is 890. The van der Waals surface area contributed by atoms with Gasteiger partial charge in [-0.1, -0.05) is 23.4 Å². The van der Waals surface area contributed by atoms with Crippen molar-refractivity contribution in [2.24, 2.45) is 0 Å². The fourth-order valence-corrected chi connectivity index (χ4v) is 2.05. The van der Waals surface area contributed by atoms with Crippen LogP contribution < -0.4 is 10.6 Å². The van der Waals surface area contributed by atoms with E-state index in [4.69, 9.17) is 15.2 Å². The number of hydrogen-bond acceptors (Lipinski definition) is 8. The maximum absolute atomic E-state index is 9.14. The molecule has 3 N–H and O–H groups in total. The molecule has 8 heteroatoms. The number of rotatable bonds is 6. The lowest BCUT2D eigenvalue weighted by molar-refractivity contribution is 0.423. The molecule has 0 aliphatic heterocycles. The molecule has 2 heterocycles. The van der Waals surface area contributed by atoms with Crippen LogP contribution in [0.15, 0.2) is 47.3 Å². The van der Waals surface area contributed by atoms with Crippen molar-refractivity contribution in [3.8, 4) is 6.07 Å². The van der Waals surface area contributed by atoms with Gasteiger partial charge in [0.05, 0.1) is 17.2 Å².